The molecule has 0 radical (unpaired) electrons. The van der Waals surface area contributed by atoms with Gasteiger partial charge in [0.25, 0.3) is 0 Å². The molecule has 4 rings (SSSR count). The van der Waals surface area contributed by atoms with Crippen molar-refractivity contribution in [3.8, 4) is 0 Å². The van der Waals surface area contributed by atoms with Gasteiger partial charge in [-0.25, -0.2) is 0 Å². The number of nitrogens with zero attached hydrogens (tertiary/aromatic N) is 2. The molecule has 1 unspecified atom stereocenters. The summed E-state index contributed by atoms with van der Waals surface area (Å²) in [6.45, 7) is 4.70. The van der Waals surface area contributed by atoms with Crippen molar-refractivity contribution >= 4 is 16.5 Å². The summed E-state index contributed by atoms with van der Waals surface area (Å²) in [6, 6.07) is 9.57. The van der Waals surface area contributed by atoms with E-state index in [1.54, 1.807) is 5.57 Å². The molecule has 0 fully saturated rings. The minimum atomic E-state index is 0.599. The van der Waals surface area contributed by atoms with Crippen LogP contribution >= 0.6 is 0 Å². The van der Waals surface area contributed by atoms with E-state index in [0.717, 1.165) is 11.0 Å². The standard InChI is InChI=1S/C17H21N2/c1-12-9-15-14-6-4-5-13-7-8-18(17(13)14)10-16(15)19(2,3)11-12/h4-9,12,16H,10-11H2,1-3H3/q+1/t12-,16?/m0/s1. The summed E-state index contributed by atoms with van der Waals surface area (Å²) in [6.07, 6.45) is 4.77. The van der Waals surface area contributed by atoms with Crippen molar-refractivity contribution in [2.45, 2.75) is 19.5 Å². The van der Waals surface area contributed by atoms with Gasteiger partial charge in [0.1, 0.15) is 6.04 Å². The van der Waals surface area contributed by atoms with E-state index in [9.17, 15) is 0 Å². The van der Waals surface area contributed by atoms with Crippen LogP contribution in [0.25, 0.3) is 16.5 Å². The van der Waals surface area contributed by atoms with Crippen LogP contribution in [0, 0.1) is 5.92 Å². The molecule has 98 valence electrons. The first-order valence-electron chi connectivity index (χ1n) is 7.19. The highest BCUT2D eigenvalue weighted by Gasteiger charge is 2.40. The van der Waals surface area contributed by atoms with E-state index < -0.39 is 0 Å². The van der Waals surface area contributed by atoms with Crippen molar-refractivity contribution < 1.29 is 4.48 Å². The van der Waals surface area contributed by atoms with E-state index in [2.05, 4.69) is 62.1 Å². The predicted octanol–water partition coefficient (Wildman–Crippen LogP) is 3.13. The fourth-order valence-electron chi connectivity index (χ4n) is 4.14. The Morgan fingerprint density at radius 2 is 2.05 bits per heavy atom. The molecule has 2 aliphatic rings. The Labute approximate surface area is 114 Å². The Balaban J connectivity index is 2.02. The summed E-state index contributed by atoms with van der Waals surface area (Å²) < 4.78 is 3.55. The van der Waals surface area contributed by atoms with Gasteiger partial charge in [-0.3, -0.25) is 0 Å². The van der Waals surface area contributed by atoms with E-state index in [1.165, 1.54) is 23.0 Å². The summed E-state index contributed by atoms with van der Waals surface area (Å²) in [5.74, 6) is 0.665. The Morgan fingerprint density at radius 1 is 1.21 bits per heavy atom. The number of fused-ring (bicyclic) bond motifs is 2. The minimum Gasteiger partial charge on any atom is -0.341 e. The van der Waals surface area contributed by atoms with Gasteiger partial charge in [0.15, 0.2) is 0 Å². The number of hydrogen-bond acceptors (Lipinski definition) is 0. The average Bonchev–Trinajstić information content (AvgIpc) is 2.75. The van der Waals surface area contributed by atoms with Crippen LogP contribution in [-0.2, 0) is 6.54 Å². The first-order chi connectivity index (χ1) is 9.06. The number of aromatic nitrogens is 1. The van der Waals surface area contributed by atoms with Crippen molar-refractivity contribution in [3.05, 3.63) is 42.1 Å². The lowest BCUT2D eigenvalue weighted by Gasteiger charge is -2.46. The molecule has 0 N–H and O–H groups in total. The lowest BCUT2D eigenvalue weighted by atomic mass is 9.85. The zero-order chi connectivity index (χ0) is 13.2. The van der Waals surface area contributed by atoms with Gasteiger partial charge < -0.3 is 9.05 Å². The second kappa shape index (κ2) is 3.51. The first kappa shape index (κ1) is 11.3. The summed E-state index contributed by atoms with van der Waals surface area (Å²) in [4.78, 5) is 0. The minimum absolute atomic E-state index is 0.599. The van der Waals surface area contributed by atoms with Crippen molar-refractivity contribution in [3.63, 3.8) is 0 Å². The summed E-state index contributed by atoms with van der Waals surface area (Å²) in [5, 5.41) is 1.38. The lowest BCUT2D eigenvalue weighted by Crippen LogP contribution is -2.56. The third kappa shape index (κ3) is 1.47. The maximum absolute atomic E-state index is 2.51. The highest BCUT2D eigenvalue weighted by molar-refractivity contribution is 5.94. The Hall–Kier alpha value is -1.54. The van der Waals surface area contributed by atoms with Crippen LogP contribution in [0.3, 0.4) is 0 Å². The SMILES string of the molecule is C[C@H]1C=C2c3cccc4ccn(c34)CC2[N+](C)(C)C1. The van der Waals surface area contributed by atoms with Crippen LogP contribution in [0.2, 0.25) is 0 Å². The number of likely N-dealkylation sites (N-methyl/N-ethyl adjacent to an activating group) is 1. The zero-order valence-electron chi connectivity index (χ0n) is 11.9. The van der Waals surface area contributed by atoms with Gasteiger partial charge in [-0.05, 0) is 6.07 Å². The van der Waals surface area contributed by atoms with Gasteiger partial charge in [-0.15, -0.1) is 0 Å². The molecule has 19 heavy (non-hydrogen) atoms. The van der Waals surface area contributed by atoms with Gasteiger partial charge >= 0.3 is 0 Å². The van der Waals surface area contributed by atoms with Crippen LogP contribution in [0.1, 0.15) is 12.5 Å². The third-order valence-corrected chi connectivity index (χ3v) is 4.89. The molecule has 0 aliphatic carbocycles. The van der Waals surface area contributed by atoms with Gasteiger partial charge in [-0.2, -0.15) is 0 Å². The fourth-order valence-corrected chi connectivity index (χ4v) is 4.14. The second-order valence-electron chi connectivity index (χ2n) is 6.79. The molecule has 2 nitrogen and oxygen atoms in total. The summed E-state index contributed by atoms with van der Waals surface area (Å²) >= 11 is 0. The number of benzene rings is 1. The number of rotatable bonds is 0. The number of hydrogen-bond donors (Lipinski definition) is 0. The third-order valence-electron chi connectivity index (χ3n) is 4.89. The van der Waals surface area contributed by atoms with Gasteiger partial charge in [-0.1, -0.05) is 31.2 Å². The summed E-state index contributed by atoms with van der Waals surface area (Å²) in [5.41, 5.74) is 4.45. The molecule has 3 heterocycles. The molecular weight excluding hydrogens is 232 g/mol. The van der Waals surface area contributed by atoms with Crippen molar-refractivity contribution in [1.29, 1.82) is 0 Å². The monoisotopic (exact) mass is 253 g/mol. The van der Waals surface area contributed by atoms with E-state index in [-0.39, 0.29) is 0 Å². The maximum atomic E-state index is 2.51. The van der Waals surface area contributed by atoms with Crippen molar-refractivity contribution in [2.75, 3.05) is 20.6 Å². The molecule has 0 saturated carbocycles. The fraction of sp³-hybridized carbons (Fsp3) is 0.412. The number of quaternary nitrogens is 1. The van der Waals surface area contributed by atoms with E-state index in [0.29, 0.717) is 12.0 Å². The molecule has 2 aromatic rings. The van der Waals surface area contributed by atoms with Gasteiger partial charge in [0, 0.05) is 28.6 Å². The van der Waals surface area contributed by atoms with Crippen LogP contribution in [-0.4, -0.2) is 35.7 Å². The van der Waals surface area contributed by atoms with E-state index in [4.69, 9.17) is 0 Å². The molecule has 0 saturated heterocycles. The average molecular weight is 253 g/mol. The molecule has 2 aliphatic heterocycles. The lowest BCUT2D eigenvalue weighted by molar-refractivity contribution is -0.911. The van der Waals surface area contributed by atoms with Crippen LogP contribution < -0.4 is 0 Å². The second-order valence-corrected chi connectivity index (χ2v) is 6.79. The Kier molecular flexibility index (Phi) is 2.09. The molecule has 1 aromatic heterocycles. The van der Waals surface area contributed by atoms with Crippen LogP contribution in [0.5, 0.6) is 0 Å². The Morgan fingerprint density at radius 3 is 2.89 bits per heavy atom. The molecule has 1 aromatic carbocycles. The quantitative estimate of drug-likeness (QED) is 0.636. The largest absolute Gasteiger partial charge is 0.341 e. The Bertz CT molecular complexity index is 690. The van der Waals surface area contributed by atoms with E-state index >= 15 is 0 Å². The molecule has 0 amide bonds. The van der Waals surface area contributed by atoms with Crippen LogP contribution in [0.4, 0.5) is 0 Å². The topological polar surface area (TPSA) is 4.93 Å². The van der Waals surface area contributed by atoms with Crippen molar-refractivity contribution in [2.24, 2.45) is 5.92 Å². The predicted molar refractivity (Wildman–Crippen MR) is 79.8 cm³/mol. The summed E-state index contributed by atoms with van der Waals surface area (Å²) in [7, 11) is 4.76. The highest BCUT2D eigenvalue weighted by atomic mass is 15.4. The van der Waals surface area contributed by atoms with Crippen LogP contribution in [0.15, 0.2) is 36.5 Å². The normalized spacial score (nSPS) is 28.1. The van der Waals surface area contributed by atoms with Crippen molar-refractivity contribution in [1.82, 2.24) is 4.57 Å². The molecule has 0 bridgehead atoms. The zero-order valence-corrected chi connectivity index (χ0v) is 11.9. The maximum Gasteiger partial charge on any atom is 0.133 e. The number of para-hydroxylation sites is 1. The molecule has 0 spiro atoms. The van der Waals surface area contributed by atoms with Gasteiger partial charge in [0.05, 0.1) is 32.7 Å². The molecular formula is C17H21N2+. The smallest absolute Gasteiger partial charge is 0.133 e. The highest BCUT2D eigenvalue weighted by Crippen LogP contribution is 2.40. The molecule has 2 atom stereocenters. The first-order valence-corrected chi connectivity index (χ1v) is 7.19. The molecule has 2 heteroatoms. The van der Waals surface area contributed by atoms with E-state index in [1.807, 2.05) is 0 Å². The van der Waals surface area contributed by atoms with Gasteiger partial charge in [0.2, 0.25) is 0 Å².